The predicted octanol–water partition coefficient (Wildman–Crippen LogP) is 1.55. The Balaban J connectivity index is 0.00000144. The Bertz CT molecular complexity index is 235. The Morgan fingerprint density at radius 2 is 1.88 bits per heavy atom. The minimum absolute atomic E-state index is 0. The fourth-order valence-corrected chi connectivity index (χ4v) is 2.42. The van der Waals surface area contributed by atoms with Crippen LogP contribution in [-0.2, 0) is 0 Å². The van der Waals surface area contributed by atoms with Gasteiger partial charge in [0.25, 0.3) is 0 Å². The first-order valence-corrected chi connectivity index (χ1v) is 6.63. The Morgan fingerprint density at radius 3 is 2.47 bits per heavy atom. The second-order valence-electron chi connectivity index (χ2n) is 4.94. The number of nitrogens with zero attached hydrogens (tertiary/aromatic N) is 2. The third-order valence-corrected chi connectivity index (χ3v) is 3.60. The van der Waals surface area contributed by atoms with Crippen molar-refractivity contribution in [1.29, 1.82) is 0 Å². The van der Waals surface area contributed by atoms with Gasteiger partial charge in [0.05, 0.1) is 6.54 Å². The minimum Gasteiger partial charge on any atom is -0.370 e. The summed E-state index contributed by atoms with van der Waals surface area (Å²) in [5.41, 5.74) is 5.87. The van der Waals surface area contributed by atoms with Crippen molar-refractivity contribution in [3.8, 4) is 0 Å². The summed E-state index contributed by atoms with van der Waals surface area (Å²) in [6.07, 6.45) is 7.89. The van der Waals surface area contributed by atoms with E-state index in [0.717, 1.165) is 13.1 Å². The van der Waals surface area contributed by atoms with Gasteiger partial charge in [-0.2, -0.15) is 0 Å². The van der Waals surface area contributed by atoms with Crippen molar-refractivity contribution in [3.05, 3.63) is 0 Å². The molecule has 2 aliphatic rings. The Hall–Kier alpha value is -0.0400. The highest BCUT2D eigenvalue weighted by Crippen LogP contribution is 2.16. The molecule has 3 N–H and O–H groups in total. The van der Waals surface area contributed by atoms with Crippen LogP contribution in [0.2, 0.25) is 0 Å². The molecule has 0 spiro atoms. The number of guanidine groups is 1. The maximum atomic E-state index is 5.87. The molecule has 0 aromatic rings. The van der Waals surface area contributed by atoms with E-state index in [-0.39, 0.29) is 24.0 Å². The van der Waals surface area contributed by atoms with Gasteiger partial charge in [0.1, 0.15) is 0 Å². The molecule has 1 aliphatic carbocycles. The first-order valence-electron chi connectivity index (χ1n) is 6.63. The minimum atomic E-state index is 0. The molecule has 0 amide bonds. The molecule has 0 atom stereocenters. The summed E-state index contributed by atoms with van der Waals surface area (Å²) in [6, 6.07) is 0.571. The Labute approximate surface area is 121 Å². The number of hydrogen-bond donors (Lipinski definition) is 2. The molecule has 1 heterocycles. The van der Waals surface area contributed by atoms with E-state index in [1.54, 1.807) is 0 Å². The number of aliphatic imine (C=N–C) groups is 1. The summed E-state index contributed by atoms with van der Waals surface area (Å²) in [4.78, 5) is 6.80. The SMILES string of the molecule is I.NC(=NCCN1CCC1)NC1CCCCC1. The van der Waals surface area contributed by atoms with Crippen LogP contribution < -0.4 is 11.1 Å². The van der Waals surface area contributed by atoms with E-state index in [9.17, 15) is 0 Å². The molecule has 0 aromatic carbocycles. The molecule has 0 aromatic heterocycles. The van der Waals surface area contributed by atoms with Crippen LogP contribution in [-0.4, -0.2) is 43.1 Å². The number of nitrogens with one attached hydrogen (secondary N) is 1. The van der Waals surface area contributed by atoms with E-state index in [1.807, 2.05) is 0 Å². The molecule has 1 saturated heterocycles. The number of halogens is 1. The molecule has 2 fully saturated rings. The second-order valence-corrected chi connectivity index (χ2v) is 4.94. The number of hydrogen-bond acceptors (Lipinski definition) is 2. The lowest BCUT2D eigenvalue weighted by Crippen LogP contribution is -2.42. The van der Waals surface area contributed by atoms with Crippen molar-refractivity contribution in [2.75, 3.05) is 26.2 Å². The van der Waals surface area contributed by atoms with Crippen molar-refractivity contribution < 1.29 is 0 Å². The monoisotopic (exact) mass is 352 g/mol. The standard InChI is InChI=1S/C12H24N4.HI/c13-12(14-7-10-16-8-4-9-16)15-11-5-2-1-3-6-11;/h11H,1-10H2,(H3,13,14,15);1H. The van der Waals surface area contributed by atoms with Crippen molar-refractivity contribution in [2.45, 2.75) is 44.6 Å². The highest BCUT2D eigenvalue weighted by molar-refractivity contribution is 14.0. The topological polar surface area (TPSA) is 53.6 Å². The van der Waals surface area contributed by atoms with Crippen LogP contribution in [0.5, 0.6) is 0 Å². The van der Waals surface area contributed by atoms with Gasteiger partial charge in [0, 0.05) is 12.6 Å². The largest absolute Gasteiger partial charge is 0.370 e. The van der Waals surface area contributed by atoms with E-state index in [4.69, 9.17) is 5.73 Å². The highest BCUT2D eigenvalue weighted by atomic mass is 127. The van der Waals surface area contributed by atoms with Crippen LogP contribution in [0.3, 0.4) is 0 Å². The maximum Gasteiger partial charge on any atom is 0.188 e. The molecule has 5 heteroatoms. The van der Waals surface area contributed by atoms with Crippen LogP contribution in [0.15, 0.2) is 4.99 Å². The molecule has 0 radical (unpaired) electrons. The van der Waals surface area contributed by atoms with E-state index in [2.05, 4.69) is 15.2 Å². The molecule has 1 aliphatic heterocycles. The van der Waals surface area contributed by atoms with Gasteiger partial charge >= 0.3 is 0 Å². The van der Waals surface area contributed by atoms with Crippen LogP contribution in [0, 0.1) is 0 Å². The maximum absolute atomic E-state index is 5.87. The number of likely N-dealkylation sites (tertiary alicyclic amines) is 1. The van der Waals surface area contributed by atoms with Crippen molar-refractivity contribution >= 4 is 29.9 Å². The zero-order chi connectivity index (χ0) is 11.2. The van der Waals surface area contributed by atoms with Gasteiger partial charge in [-0.05, 0) is 32.4 Å². The smallest absolute Gasteiger partial charge is 0.188 e. The summed E-state index contributed by atoms with van der Waals surface area (Å²) < 4.78 is 0. The van der Waals surface area contributed by atoms with Gasteiger partial charge in [-0.3, -0.25) is 4.99 Å². The van der Waals surface area contributed by atoms with Crippen molar-refractivity contribution in [2.24, 2.45) is 10.7 Å². The van der Waals surface area contributed by atoms with Crippen LogP contribution in [0.25, 0.3) is 0 Å². The summed E-state index contributed by atoms with van der Waals surface area (Å²) >= 11 is 0. The fourth-order valence-electron chi connectivity index (χ4n) is 2.42. The molecule has 4 nitrogen and oxygen atoms in total. The normalized spacial score (nSPS) is 22.7. The van der Waals surface area contributed by atoms with E-state index in [1.165, 1.54) is 51.6 Å². The molecule has 0 bridgehead atoms. The molecule has 100 valence electrons. The Kier molecular flexibility index (Phi) is 7.18. The number of rotatable bonds is 4. The molecule has 17 heavy (non-hydrogen) atoms. The molecular formula is C12H25IN4. The second kappa shape index (κ2) is 8.13. The van der Waals surface area contributed by atoms with Crippen molar-refractivity contribution in [1.82, 2.24) is 10.2 Å². The number of nitrogens with two attached hydrogens (primary N) is 1. The third-order valence-electron chi connectivity index (χ3n) is 3.60. The summed E-state index contributed by atoms with van der Waals surface area (Å²) in [7, 11) is 0. The average Bonchev–Trinajstić information content (AvgIpc) is 2.23. The lowest BCUT2D eigenvalue weighted by Gasteiger charge is -2.30. The zero-order valence-corrected chi connectivity index (χ0v) is 12.9. The Morgan fingerprint density at radius 1 is 1.18 bits per heavy atom. The van der Waals surface area contributed by atoms with Gasteiger partial charge in [0.2, 0.25) is 0 Å². The van der Waals surface area contributed by atoms with E-state index >= 15 is 0 Å². The fraction of sp³-hybridized carbons (Fsp3) is 0.917. The first kappa shape index (κ1) is 15.0. The molecule has 0 unspecified atom stereocenters. The van der Waals surface area contributed by atoms with Crippen LogP contribution >= 0.6 is 24.0 Å². The lowest BCUT2D eigenvalue weighted by molar-refractivity contribution is 0.187. The van der Waals surface area contributed by atoms with Gasteiger partial charge in [-0.15, -0.1) is 24.0 Å². The van der Waals surface area contributed by atoms with E-state index in [0.29, 0.717) is 12.0 Å². The molecular weight excluding hydrogens is 327 g/mol. The summed E-state index contributed by atoms with van der Waals surface area (Å²) in [6.45, 7) is 4.38. The van der Waals surface area contributed by atoms with Crippen molar-refractivity contribution in [3.63, 3.8) is 0 Å². The third kappa shape index (κ3) is 5.42. The van der Waals surface area contributed by atoms with Gasteiger partial charge in [-0.25, -0.2) is 0 Å². The highest BCUT2D eigenvalue weighted by Gasteiger charge is 2.14. The van der Waals surface area contributed by atoms with Crippen LogP contribution in [0.4, 0.5) is 0 Å². The first-order chi connectivity index (χ1) is 7.84. The lowest BCUT2D eigenvalue weighted by atomic mass is 9.96. The average molecular weight is 352 g/mol. The van der Waals surface area contributed by atoms with E-state index < -0.39 is 0 Å². The van der Waals surface area contributed by atoms with Crippen LogP contribution in [0.1, 0.15) is 38.5 Å². The quantitative estimate of drug-likeness (QED) is 0.459. The molecule has 1 saturated carbocycles. The summed E-state index contributed by atoms with van der Waals surface area (Å²) in [5.74, 6) is 0.646. The van der Waals surface area contributed by atoms with Gasteiger partial charge in [0.15, 0.2) is 5.96 Å². The van der Waals surface area contributed by atoms with Gasteiger partial charge < -0.3 is 16.0 Å². The summed E-state index contributed by atoms with van der Waals surface area (Å²) in [5, 5.41) is 3.34. The predicted molar refractivity (Wildman–Crippen MR) is 83.0 cm³/mol. The van der Waals surface area contributed by atoms with Gasteiger partial charge in [-0.1, -0.05) is 19.3 Å². The zero-order valence-electron chi connectivity index (χ0n) is 10.5. The molecule has 2 rings (SSSR count).